The number of pyridine rings is 1. The molecule has 6 nitrogen and oxygen atoms in total. The smallest absolute Gasteiger partial charge is 0.213 e. The van der Waals surface area contributed by atoms with Gasteiger partial charge in [0, 0.05) is 25.4 Å². The van der Waals surface area contributed by atoms with Gasteiger partial charge in [0.05, 0.1) is 19.8 Å². The van der Waals surface area contributed by atoms with Crippen LogP contribution < -0.4 is 20.1 Å². The first-order valence-corrected chi connectivity index (χ1v) is 9.38. The number of aromatic nitrogens is 1. The number of nitrogens with one attached hydrogen (secondary N) is 2. The molecule has 0 fully saturated rings. The summed E-state index contributed by atoms with van der Waals surface area (Å²) in [6.07, 6.45) is 2.78. The highest BCUT2D eigenvalue weighted by atomic mass is 127. The second kappa shape index (κ2) is 13.2. The third kappa shape index (κ3) is 8.33. The number of guanidine groups is 1. The van der Waals surface area contributed by atoms with Gasteiger partial charge in [-0.25, -0.2) is 9.98 Å². The van der Waals surface area contributed by atoms with Crippen LogP contribution in [0.1, 0.15) is 31.9 Å². The number of halogens is 1. The lowest BCUT2D eigenvalue weighted by Gasteiger charge is -2.13. The van der Waals surface area contributed by atoms with Crippen LogP contribution in [0, 0.1) is 0 Å². The molecule has 0 aliphatic heterocycles. The molecule has 0 spiro atoms. The van der Waals surface area contributed by atoms with Crippen LogP contribution in [0.5, 0.6) is 11.6 Å². The van der Waals surface area contributed by atoms with Crippen LogP contribution in [-0.2, 0) is 13.0 Å². The van der Waals surface area contributed by atoms with E-state index in [1.807, 2.05) is 44.2 Å². The molecule has 0 aliphatic rings. The fourth-order valence-corrected chi connectivity index (χ4v) is 2.55. The highest BCUT2D eigenvalue weighted by Gasteiger charge is 2.03. The molecule has 0 saturated heterocycles. The first-order chi connectivity index (χ1) is 13.1. The van der Waals surface area contributed by atoms with Crippen molar-refractivity contribution < 1.29 is 9.47 Å². The van der Waals surface area contributed by atoms with Gasteiger partial charge in [-0.2, -0.15) is 0 Å². The maximum atomic E-state index is 5.57. The Kier molecular flexibility index (Phi) is 11.3. The summed E-state index contributed by atoms with van der Waals surface area (Å²) in [4.78, 5) is 8.95. The van der Waals surface area contributed by atoms with Gasteiger partial charge in [0.1, 0.15) is 5.75 Å². The summed E-state index contributed by atoms with van der Waals surface area (Å²) in [6, 6.07) is 11.9. The van der Waals surface area contributed by atoms with Crippen LogP contribution >= 0.6 is 24.0 Å². The van der Waals surface area contributed by atoms with Gasteiger partial charge in [0.25, 0.3) is 0 Å². The minimum atomic E-state index is 0. The molecule has 154 valence electrons. The fourth-order valence-electron chi connectivity index (χ4n) is 2.55. The van der Waals surface area contributed by atoms with E-state index in [1.165, 1.54) is 5.56 Å². The van der Waals surface area contributed by atoms with Gasteiger partial charge < -0.3 is 20.1 Å². The average Bonchev–Trinajstić information content (AvgIpc) is 2.67. The Hall–Kier alpha value is -2.03. The van der Waals surface area contributed by atoms with E-state index in [-0.39, 0.29) is 30.1 Å². The Morgan fingerprint density at radius 1 is 1.14 bits per heavy atom. The van der Waals surface area contributed by atoms with Gasteiger partial charge in [-0.15, -0.1) is 24.0 Å². The van der Waals surface area contributed by atoms with Crippen LogP contribution in [0.3, 0.4) is 0 Å². The summed E-state index contributed by atoms with van der Waals surface area (Å²) < 4.78 is 11.0. The van der Waals surface area contributed by atoms with E-state index in [9.17, 15) is 0 Å². The van der Waals surface area contributed by atoms with E-state index >= 15 is 0 Å². The SMILES string of the molecule is CCNC(=NCc1ccc(OC(C)C)nc1)NCCc1ccccc1OC.I. The molecule has 7 heteroatoms. The molecular weight excluding hydrogens is 467 g/mol. The summed E-state index contributed by atoms with van der Waals surface area (Å²) >= 11 is 0. The van der Waals surface area contributed by atoms with E-state index in [0.717, 1.165) is 36.8 Å². The number of benzene rings is 1. The number of hydrogen-bond acceptors (Lipinski definition) is 4. The van der Waals surface area contributed by atoms with Gasteiger partial charge in [0.15, 0.2) is 5.96 Å². The lowest BCUT2D eigenvalue weighted by Crippen LogP contribution is -2.38. The van der Waals surface area contributed by atoms with Gasteiger partial charge in [0.2, 0.25) is 5.88 Å². The van der Waals surface area contributed by atoms with Crippen LogP contribution in [0.15, 0.2) is 47.6 Å². The van der Waals surface area contributed by atoms with E-state index in [0.29, 0.717) is 12.4 Å². The minimum Gasteiger partial charge on any atom is -0.496 e. The molecule has 2 rings (SSSR count). The van der Waals surface area contributed by atoms with Crippen LogP contribution in [0.4, 0.5) is 0 Å². The number of rotatable bonds is 9. The summed E-state index contributed by atoms with van der Waals surface area (Å²) in [5.41, 5.74) is 2.21. The van der Waals surface area contributed by atoms with Crippen molar-refractivity contribution >= 4 is 29.9 Å². The molecule has 0 bridgehead atoms. The normalized spacial score (nSPS) is 11.0. The third-order valence-corrected chi connectivity index (χ3v) is 3.80. The minimum absolute atomic E-state index is 0. The van der Waals surface area contributed by atoms with Gasteiger partial charge in [-0.05, 0) is 44.4 Å². The molecule has 0 aliphatic carbocycles. The summed E-state index contributed by atoms with van der Waals surface area (Å²) in [6.45, 7) is 8.15. The Labute approximate surface area is 185 Å². The molecular formula is C21H31IN4O2. The second-order valence-electron chi connectivity index (χ2n) is 6.36. The Bertz CT molecular complexity index is 721. The third-order valence-electron chi connectivity index (χ3n) is 3.80. The van der Waals surface area contributed by atoms with Crippen LogP contribution in [-0.4, -0.2) is 37.2 Å². The van der Waals surface area contributed by atoms with Gasteiger partial charge in [-0.3, -0.25) is 0 Å². The molecule has 2 aromatic rings. The molecule has 0 saturated carbocycles. The van der Waals surface area contributed by atoms with Gasteiger partial charge >= 0.3 is 0 Å². The summed E-state index contributed by atoms with van der Waals surface area (Å²) in [7, 11) is 1.70. The molecule has 0 atom stereocenters. The lowest BCUT2D eigenvalue weighted by atomic mass is 10.1. The molecule has 28 heavy (non-hydrogen) atoms. The van der Waals surface area contributed by atoms with Crippen LogP contribution in [0.25, 0.3) is 0 Å². The number of para-hydroxylation sites is 1. The maximum Gasteiger partial charge on any atom is 0.213 e. The average molecular weight is 498 g/mol. The number of methoxy groups -OCH3 is 1. The highest BCUT2D eigenvalue weighted by molar-refractivity contribution is 14.0. The summed E-state index contributed by atoms with van der Waals surface area (Å²) in [5, 5.41) is 6.63. The van der Waals surface area contributed by atoms with Crippen molar-refractivity contribution in [2.75, 3.05) is 20.2 Å². The zero-order chi connectivity index (χ0) is 19.5. The highest BCUT2D eigenvalue weighted by Crippen LogP contribution is 2.17. The molecule has 1 heterocycles. The molecule has 1 aromatic carbocycles. The molecule has 1 aromatic heterocycles. The fraction of sp³-hybridized carbons (Fsp3) is 0.429. The second-order valence-corrected chi connectivity index (χ2v) is 6.36. The lowest BCUT2D eigenvalue weighted by molar-refractivity contribution is 0.232. The van der Waals surface area contributed by atoms with Crippen LogP contribution in [0.2, 0.25) is 0 Å². The number of nitrogens with zero attached hydrogens (tertiary/aromatic N) is 2. The van der Waals surface area contributed by atoms with Gasteiger partial charge in [-0.1, -0.05) is 24.3 Å². The molecule has 0 amide bonds. The Balaban J connectivity index is 0.00000392. The number of aliphatic imine (C=N–C) groups is 1. The van der Waals surface area contributed by atoms with E-state index in [2.05, 4.69) is 33.6 Å². The predicted octanol–water partition coefficient (Wildman–Crippen LogP) is 3.79. The van der Waals surface area contributed by atoms with Crippen molar-refractivity contribution in [3.8, 4) is 11.6 Å². The van der Waals surface area contributed by atoms with Crippen molar-refractivity contribution in [3.05, 3.63) is 53.7 Å². The van der Waals surface area contributed by atoms with Crippen molar-refractivity contribution in [3.63, 3.8) is 0 Å². The van der Waals surface area contributed by atoms with Crippen molar-refractivity contribution in [2.24, 2.45) is 4.99 Å². The summed E-state index contributed by atoms with van der Waals surface area (Å²) in [5.74, 6) is 2.34. The number of ether oxygens (including phenoxy) is 2. The van der Waals surface area contributed by atoms with Crippen molar-refractivity contribution in [1.82, 2.24) is 15.6 Å². The first kappa shape index (κ1) is 24.0. The molecule has 2 N–H and O–H groups in total. The topological polar surface area (TPSA) is 67.8 Å². The maximum absolute atomic E-state index is 5.57. The molecule has 0 radical (unpaired) electrons. The Morgan fingerprint density at radius 3 is 2.57 bits per heavy atom. The number of hydrogen-bond donors (Lipinski definition) is 2. The van der Waals surface area contributed by atoms with E-state index in [4.69, 9.17) is 9.47 Å². The van der Waals surface area contributed by atoms with E-state index < -0.39 is 0 Å². The quantitative estimate of drug-likeness (QED) is 0.313. The standard InChI is InChI=1S/C21H30N4O2.HI/c1-5-22-21(23-13-12-18-8-6-7-9-19(18)26-4)25-15-17-10-11-20(24-14-17)27-16(2)3;/h6-11,14,16H,5,12-13,15H2,1-4H3,(H2,22,23,25);1H. The molecule has 0 unspecified atom stereocenters. The predicted molar refractivity (Wildman–Crippen MR) is 125 cm³/mol. The monoisotopic (exact) mass is 498 g/mol. The van der Waals surface area contributed by atoms with Crippen molar-refractivity contribution in [1.29, 1.82) is 0 Å². The first-order valence-electron chi connectivity index (χ1n) is 9.38. The zero-order valence-corrected chi connectivity index (χ0v) is 19.4. The largest absolute Gasteiger partial charge is 0.496 e. The zero-order valence-electron chi connectivity index (χ0n) is 17.1. The van der Waals surface area contributed by atoms with Crippen molar-refractivity contribution in [2.45, 2.75) is 39.8 Å². The van der Waals surface area contributed by atoms with E-state index in [1.54, 1.807) is 13.3 Å². The Morgan fingerprint density at radius 2 is 1.93 bits per heavy atom.